The number of rotatable bonds is 1. The molecular weight excluding hydrogens is 179 g/mol. The van der Waals surface area contributed by atoms with Crippen molar-refractivity contribution in [1.82, 2.24) is 0 Å². The van der Waals surface area contributed by atoms with Gasteiger partial charge in [0.1, 0.15) is 5.82 Å². The van der Waals surface area contributed by atoms with Gasteiger partial charge in [-0.25, -0.2) is 4.39 Å². The Labute approximate surface area is 82.9 Å². The predicted molar refractivity (Wildman–Crippen MR) is 53.6 cm³/mol. The predicted octanol–water partition coefficient (Wildman–Crippen LogP) is 2.54. The van der Waals surface area contributed by atoms with Crippen molar-refractivity contribution in [2.45, 2.75) is 25.4 Å². The van der Waals surface area contributed by atoms with E-state index in [0.29, 0.717) is 12.0 Å². The van der Waals surface area contributed by atoms with Crippen LogP contribution in [-0.4, -0.2) is 11.2 Å². The second-order valence-electron chi connectivity index (χ2n) is 3.80. The fourth-order valence-corrected chi connectivity index (χ4v) is 1.83. The van der Waals surface area contributed by atoms with E-state index < -0.39 is 0 Å². The lowest BCUT2D eigenvalue weighted by atomic mass is 9.97. The maximum Gasteiger partial charge on any atom is 0.126 e. The van der Waals surface area contributed by atoms with Gasteiger partial charge in [0.05, 0.1) is 6.10 Å². The first-order valence-corrected chi connectivity index (χ1v) is 4.79. The summed E-state index contributed by atoms with van der Waals surface area (Å²) in [5, 5.41) is 9.32. The molecule has 0 heterocycles. The Balaban J connectivity index is 2.25. The molecule has 2 heteroatoms. The van der Waals surface area contributed by atoms with Gasteiger partial charge >= 0.3 is 0 Å². The van der Waals surface area contributed by atoms with E-state index in [1.54, 1.807) is 19.1 Å². The van der Waals surface area contributed by atoms with E-state index in [-0.39, 0.29) is 17.8 Å². The Morgan fingerprint density at radius 2 is 2.14 bits per heavy atom. The smallest absolute Gasteiger partial charge is 0.126 e. The number of benzene rings is 1. The zero-order valence-corrected chi connectivity index (χ0v) is 8.07. The van der Waals surface area contributed by atoms with Gasteiger partial charge in [0, 0.05) is 5.92 Å². The standard InChI is InChI=1S/C12H13FO/c1-8-6-9(3-5-12(8)13)10-2-4-11(14)7-10/h2-6,10-11,14H,7H2,1H3/t10-,11-/m0/s1. The number of hydrogen-bond donors (Lipinski definition) is 1. The Hall–Kier alpha value is -1.15. The van der Waals surface area contributed by atoms with Crippen LogP contribution in [0.2, 0.25) is 0 Å². The van der Waals surface area contributed by atoms with E-state index >= 15 is 0 Å². The molecule has 2 rings (SSSR count). The zero-order chi connectivity index (χ0) is 10.1. The highest BCUT2D eigenvalue weighted by atomic mass is 19.1. The van der Waals surface area contributed by atoms with Crippen LogP contribution in [0.4, 0.5) is 4.39 Å². The summed E-state index contributed by atoms with van der Waals surface area (Å²) in [5.74, 6) is 0.0700. The van der Waals surface area contributed by atoms with Gasteiger partial charge < -0.3 is 5.11 Å². The maximum atomic E-state index is 13.0. The first kappa shape index (κ1) is 9.41. The highest BCUT2D eigenvalue weighted by Gasteiger charge is 2.18. The van der Waals surface area contributed by atoms with Crippen LogP contribution in [0.3, 0.4) is 0 Å². The second kappa shape index (κ2) is 3.54. The molecule has 1 aromatic rings. The minimum absolute atomic E-state index is 0.170. The van der Waals surface area contributed by atoms with E-state index in [1.807, 2.05) is 12.1 Å². The van der Waals surface area contributed by atoms with E-state index in [0.717, 1.165) is 5.56 Å². The second-order valence-corrected chi connectivity index (χ2v) is 3.80. The molecule has 74 valence electrons. The van der Waals surface area contributed by atoms with Crippen LogP contribution in [0, 0.1) is 12.7 Å². The highest BCUT2D eigenvalue weighted by molar-refractivity contribution is 5.31. The first-order chi connectivity index (χ1) is 6.66. The Morgan fingerprint density at radius 3 is 2.71 bits per heavy atom. The molecule has 0 aliphatic heterocycles. The number of aliphatic hydroxyl groups is 1. The first-order valence-electron chi connectivity index (χ1n) is 4.79. The summed E-state index contributed by atoms with van der Waals surface area (Å²) >= 11 is 0. The van der Waals surface area contributed by atoms with Gasteiger partial charge in [-0.3, -0.25) is 0 Å². The summed E-state index contributed by atoms with van der Waals surface area (Å²) in [7, 11) is 0. The van der Waals surface area contributed by atoms with Crippen LogP contribution in [-0.2, 0) is 0 Å². The van der Waals surface area contributed by atoms with Crippen LogP contribution in [0.5, 0.6) is 0 Å². The minimum Gasteiger partial charge on any atom is -0.389 e. The Kier molecular flexibility index (Phi) is 2.38. The van der Waals surface area contributed by atoms with Crippen molar-refractivity contribution in [2.24, 2.45) is 0 Å². The van der Waals surface area contributed by atoms with Crippen molar-refractivity contribution in [3.05, 3.63) is 47.3 Å². The molecule has 0 saturated carbocycles. The van der Waals surface area contributed by atoms with Gasteiger partial charge in [-0.2, -0.15) is 0 Å². The molecule has 0 spiro atoms. The van der Waals surface area contributed by atoms with E-state index in [9.17, 15) is 9.50 Å². The average molecular weight is 192 g/mol. The van der Waals surface area contributed by atoms with E-state index in [4.69, 9.17) is 0 Å². The fraction of sp³-hybridized carbons (Fsp3) is 0.333. The fourth-order valence-electron chi connectivity index (χ4n) is 1.83. The van der Waals surface area contributed by atoms with E-state index in [1.165, 1.54) is 6.07 Å². The molecule has 0 bridgehead atoms. The molecule has 1 nitrogen and oxygen atoms in total. The SMILES string of the molecule is Cc1cc([C@H]2C=C[C@H](O)C2)ccc1F. The summed E-state index contributed by atoms with van der Waals surface area (Å²) in [6.07, 6.45) is 4.15. The molecule has 1 N–H and O–H groups in total. The molecular formula is C12H13FO. The summed E-state index contributed by atoms with van der Waals surface area (Å²) < 4.78 is 13.0. The van der Waals surface area contributed by atoms with E-state index in [2.05, 4.69) is 0 Å². The molecule has 14 heavy (non-hydrogen) atoms. The lowest BCUT2D eigenvalue weighted by Gasteiger charge is -2.10. The van der Waals surface area contributed by atoms with Crippen molar-refractivity contribution in [3.8, 4) is 0 Å². The number of halogens is 1. The molecule has 0 fully saturated rings. The molecule has 1 aliphatic carbocycles. The number of hydrogen-bond acceptors (Lipinski definition) is 1. The number of aliphatic hydroxyl groups excluding tert-OH is 1. The summed E-state index contributed by atoms with van der Waals surface area (Å²) in [5.41, 5.74) is 1.74. The highest BCUT2D eigenvalue weighted by Crippen LogP contribution is 2.29. The summed E-state index contributed by atoms with van der Waals surface area (Å²) in [6, 6.07) is 5.13. The number of allylic oxidation sites excluding steroid dienone is 1. The third-order valence-corrected chi connectivity index (χ3v) is 2.67. The van der Waals surface area contributed by atoms with Crippen molar-refractivity contribution in [3.63, 3.8) is 0 Å². The molecule has 0 amide bonds. The quantitative estimate of drug-likeness (QED) is 0.678. The molecule has 0 saturated heterocycles. The van der Waals surface area contributed by atoms with Crippen molar-refractivity contribution in [1.29, 1.82) is 0 Å². The van der Waals surface area contributed by atoms with Gasteiger partial charge in [0.15, 0.2) is 0 Å². The Morgan fingerprint density at radius 1 is 1.36 bits per heavy atom. The summed E-state index contributed by atoms with van der Waals surface area (Å²) in [6.45, 7) is 1.76. The molecule has 0 radical (unpaired) electrons. The normalized spacial score (nSPS) is 25.6. The molecule has 1 aromatic carbocycles. The van der Waals surface area contributed by atoms with Crippen LogP contribution >= 0.6 is 0 Å². The molecule has 2 atom stereocenters. The average Bonchev–Trinajstić information content (AvgIpc) is 2.57. The van der Waals surface area contributed by atoms with Crippen molar-refractivity contribution in [2.75, 3.05) is 0 Å². The Bertz CT molecular complexity index is 371. The minimum atomic E-state index is -0.342. The van der Waals surface area contributed by atoms with Crippen molar-refractivity contribution < 1.29 is 9.50 Å². The van der Waals surface area contributed by atoms with Gasteiger partial charge in [0.2, 0.25) is 0 Å². The van der Waals surface area contributed by atoms with Crippen LogP contribution in [0.25, 0.3) is 0 Å². The summed E-state index contributed by atoms with van der Waals surface area (Å²) in [4.78, 5) is 0. The van der Waals surface area contributed by atoms with Gasteiger partial charge in [0.25, 0.3) is 0 Å². The third kappa shape index (κ3) is 1.70. The monoisotopic (exact) mass is 192 g/mol. The van der Waals surface area contributed by atoms with Crippen LogP contribution in [0.15, 0.2) is 30.4 Å². The third-order valence-electron chi connectivity index (χ3n) is 2.67. The van der Waals surface area contributed by atoms with Crippen LogP contribution in [0.1, 0.15) is 23.5 Å². The number of aryl methyl sites for hydroxylation is 1. The molecule has 0 aromatic heterocycles. The molecule has 1 aliphatic rings. The zero-order valence-electron chi connectivity index (χ0n) is 8.07. The topological polar surface area (TPSA) is 20.2 Å². The maximum absolute atomic E-state index is 13.0. The van der Waals surface area contributed by atoms with Gasteiger partial charge in [-0.05, 0) is 30.5 Å². The lowest BCUT2D eigenvalue weighted by molar-refractivity contribution is 0.218. The van der Waals surface area contributed by atoms with Crippen molar-refractivity contribution >= 4 is 0 Å². The van der Waals surface area contributed by atoms with Gasteiger partial charge in [-0.15, -0.1) is 0 Å². The lowest BCUT2D eigenvalue weighted by Crippen LogP contribution is -2.01. The molecule has 0 unspecified atom stereocenters. The largest absolute Gasteiger partial charge is 0.389 e. The van der Waals surface area contributed by atoms with Crippen LogP contribution < -0.4 is 0 Å². The van der Waals surface area contributed by atoms with Gasteiger partial charge in [-0.1, -0.05) is 24.3 Å².